The van der Waals surface area contributed by atoms with Crippen LogP contribution in [0.25, 0.3) is 10.9 Å². The van der Waals surface area contributed by atoms with E-state index in [0.29, 0.717) is 18.0 Å². The third kappa shape index (κ3) is 3.37. The van der Waals surface area contributed by atoms with Crippen molar-refractivity contribution in [3.8, 4) is 0 Å². The molecule has 25 heavy (non-hydrogen) atoms. The molecule has 0 N–H and O–H groups in total. The van der Waals surface area contributed by atoms with Gasteiger partial charge in [-0.15, -0.1) is 0 Å². The van der Waals surface area contributed by atoms with E-state index in [4.69, 9.17) is 0 Å². The number of piperidine rings is 1. The summed E-state index contributed by atoms with van der Waals surface area (Å²) in [6, 6.07) is 10.4. The van der Waals surface area contributed by atoms with Gasteiger partial charge in [0.25, 0.3) is 0 Å². The fourth-order valence-corrected chi connectivity index (χ4v) is 3.50. The third-order valence-electron chi connectivity index (χ3n) is 4.94. The summed E-state index contributed by atoms with van der Waals surface area (Å²) >= 11 is 0. The number of benzene rings is 1. The van der Waals surface area contributed by atoms with E-state index < -0.39 is 11.6 Å². The van der Waals surface area contributed by atoms with Gasteiger partial charge in [-0.1, -0.05) is 12.1 Å². The maximum atomic E-state index is 13.8. The average Bonchev–Trinajstić information content (AvgIpc) is 2.66. The first-order valence-electron chi connectivity index (χ1n) is 8.56. The molecule has 0 bridgehead atoms. The Hall–Kier alpha value is -2.40. The van der Waals surface area contributed by atoms with E-state index in [-0.39, 0.29) is 0 Å². The lowest BCUT2D eigenvalue weighted by molar-refractivity contribution is 0.200. The van der Waals surface area contributed by atoms with Crippen LogP contribution in [0, 0.1) is 11.6 Å². The molecule has 5 heteroatoms. The van der Waals surface area contributed by atoms with E-state index in [1.807, 2.05) is 18.3 Å². The zero-order valence-electron chi connectivity index (χ0n) is 13.8. The van der Waals surface area contributed by atoms with Gasteiger partial charge >= 0.3 is 0 Å². The average molecular weight is 339 g/mol. The SMILES string of the molecule is Fc1cccc(CN2CCC(c3cc4ncccc4cn3)CC2)c1F. The molecule has 3 heterocycles. The van der Waals surface area contributed by atoms with Crippen molar-refractivity contribution in [1.29, 1.82) is 0 Å². The summed E-state index contributed by atoms with van der Waals surface area (Å²) in [5.41, 5.74) is 2.46. The number of halogens is 2. The molecule has 4 rings (SSSR count). The summed E-state index contributed by atoms with van der Waals surface area (Å²) in [7, 11) is 0. The van der Waals surface area contributed by atoms with Crippen molar-refractivity contribution in [2.45, 2.75) is 25.3 Å². The highest BCUT2D eigenvalue weighted by atomic mass is 19.2. The Bertz CT molecular complexity index is 889. The van der Waals surface area contributed by atoms with Crippen molar-refractivity contribution in [2.24, 2.45) is 0 Å². The number of rotatable bonds is 3. The fraction of sp³-hybridized carbons (Fsp3) is 0.300. The lowest BCUT2D eigenvalue weighted by atomic mass is 9.92. The Morgan fingerprint density at radius 1 is 1.04 bits per heavy atom. The molecule has 0 unspecified atom stereocenters. The summed E-state index contributed by atoms with van der Waals surface area (Å²) in [6.07, 6.45) is 5.60. The van der Waals surface area contributed by atoms with Crippen molar-refractivity contribution in [1.82, 2.24) is 14.9 Å². The smallest absolute Gasteiger partial charge is 0.163 e. The van der Waals surface area contributed by atoms with Crippen LogP contribution in [0.5, 0.6) is 0 Å². The molecule has 128 valence electrons. The fourth-order valence-electron chi connectivity index (χ4n) is 3.50. The number of likely N-dealkylation sites (tertiary alicyclic amines) is 1. The van der Waals surface area contributed by atoms with Crippen LogP contribution in [-0.2, 0) is 6.54 Å². The molecule has 2 aromatic heterocycles. The highest BCUT2D eigenvalue weighted by Crippen LogP contribution is 2.29. The van der Waals surface area contributed by atoms with E-state index in [1.165, 1.54) is 0 Å². The van der Waals surface area contributed by atoms with Crippen molar-refractivity contribution in [3.05, 3.63) is 71.7 Å². The summed E-state index contributed by atoms with van der Waals surface area (Å²) in [5.74, 6) is -1.12. The molecule has 0 radical (unpaired) electrons. The van der Waals surface area contributed by atoms with Crippen molar-refractivity contribution in [3.63, 3.8) is 0 Å². The molecule has 0 aliphatic carbocycles. The third-order valence-corrected chi connectivity index (χ3v) is 4.94. The number of hydrogen-bond donors (Lipinski definition) is 0. The molecular formula is C20H19F2N3. The van der Waals surface area contributed by atoms with Crippen LogP contribution >= 0.6 is 0 Å². The predicted octanol–water partition coefficient (Wildman–Crippen LogP) is 4.29. The minimum absolute atomic E-state index is 0.389. The van der Waals surface area contributed by atoms with Gasteiger partial charge in [-0.3, -0.25) is 14.9 Å². The quantitative estimate of drug-likeness (QED) is 0.713. The number of hydrogen-bond acceptors (Lipinski definition) is 3. The molecule has 0 amide bonds. The first-order chi connectivity index (χ1) is 12.2. The summed E-state index contributed by atoms with van der Waals surface area (Å²) in [5, 5.41) is 1.05. The Morgan fingerprint density at radius 2 is 1.88 bits per heavy atom. The number of fused-ring (bicyclic) bond motifs is 1. The summed E-state index contributed by atoms with van der Waals surface area (Å²) in [6.45, 7) is 2.15. The first-order valence-corrected chi connectivity index (χ1v) is 8.56. The van der Waals surface area contributed by atoms with Gasteiger partial charge in [-0.2, -0.15) is 0 Å². The standard InChI is InChI=1S/C20H19F2N3/c21-17-5-1-3-16(20(17)22)13-25-9-6-14(7-10-25)18-11-19-15(12-24-18)4-2-8-23-19/h1-5,8,11-12,14H,6-7,9-10,13H2. The number of nitrogens with zero attached hydrogens (tertiary/aromatic N) is 3. The van der Waals surface area contributed by atoms with Gasteiger partial charge in [-0.05, 0) is 50.2 Å². The summed E-state index contributed by atoms with van der Waals surface area (Å²) in [4.78, 5) is 11.2. The molecule has 1 aliphatic rings. The van der Waals surface area contributed by atoms with Gasteiger partial charge < -0.3 is 0 Å². The maximum absolute atomic E-state index is 13.8. The van der Waals surface area contributed by atoms with Crippen LogP contribution in [0.4, 0.5) is 8.78 Å². The second-order valence-electron chi connectivity index (χ2n) is 6.57. The van der Waals surface area contributed by atoms with Crippen LogP contribution in [0.3, 0.4) is 0 Å². The topological polar surface area (TPSA) is 29.0 Å². The van der Waals surface area contributed by atoms with Gasteiger partial charge in [0.1, 0.15) is 0 Å². The molecule has 1 aliphatic heterocycles. The Balaban J connectivity index is 1.43. The number of aromatic nitrogens is 2. The normalized spacial score (nSPS) is 16.4. The molecule has 3 nitrogen and oxygen atoms in total. The molecule has 1 fully saturated rings. The lowest BCUT2D eigenvalue weighted by Gasteiger charge is -2.31. The van der Waals surface area contributed by atoms with E-state index >= 15 is 0 Å². The maximum Gasteiger partial charge on any atom is 0.163 e. The summed E-state index contributed by atoms with van der Waals surface area (Å²) < 4.78 is 27.2. The predicted molar refractivity (Wildman–Crippen MR) is 93.1 cm³/mol. The zero-order chi connectivity index (χ0) is 17.2. The first kappa shape index (κ1) is 16.1. The van der Waals surface area contributed by atoms with Crippen molar-refractivity contribution < 1.29 is 8.78 Å². The minimum atomic E-state index is -0.778. The van der Waals surface area contributed by atoms with Gasteiger partial charge in [0, 0.05) is 41.5 Å². The molecule has 0 saturated carbocycles. The van der Waals surface area contributed by atoms with E-state index in [9.17, 15) is 8.78 Å². The zero-order valence-corrected chi connectivity index (χ0v) is 13.8. The van der Waals surface area contributed by atoms with E-state index in [0.717, 1.165) is 48.6 Å². The monoisotopic (exact) mass is 339 g/mol. The van der Waals surface area contributed by atoms with Crippen LogP contribution in [0.2, 0.25) is 0 Å². The second kappa shape index (κ2) is 6.84. The van der Waals surface area contributed by atoms with Crippen LogP contribution in [0.15, 0.2) is 48.8 Å². The Morgan fingerprint density at radius 3 is 2.72 bits per heavy atom. The molecule has 0 atom stereocenters. The van der Waals surface area contributed by atoms with Gasteiger partial charge in [-0.25, -0.2) is 8.78 Å². The van der Waals surface area contributed by atoms with Gasteiger partial charge in [0.15, 0.2) is 11.6 Å². The van der Waals surface area contributed by atoms with Crippen molar-refractivity contribution >= 4 is 10.9 Å². The Kier molecular flexibility index (Phi) is 4.40. The molecule has 3 aromatic rings. The van der Waals surface area contributed by atoms with Gasteiger partial charge in [0.2, 0.25) is 0 Å². The number of pyridine rings is 2. The van der Waals surface area contributed by atoms with E-state index in [1.54, 1.807) is 18.3 Å². The van der Waals surface area contributed by atoms with Crippen LogP contribution in [-0.4, -0.2) is 28.0 Å². The highest BCUT2D eigenvalue weighted by molar-refractivity contribution is 5.77. The van der Waals surface area contributed by atoms with E-state index in [2.05, 4.69) is 20.9 Å². The minimum Gasteiger partial charge on any atom is -0.299 e. The molecule has 1 aromatic carbocycles. The van der Waals surface area contributed by atoms with Gasteiger partial charge in [0.05, 0.1) is 5.52 Å². The molecule has 0 spiro atoms. The molecular weight excluding hydrogens is 320 g/mol. The molecule has 1 saturated heterocycles. The van der Waals surface area contributed by atoms with Crippen LogP contribution < -0.4 is 0 Å². The van der Waals surface area contributed by atoms with Crippen LogP contribution in [0.1, 0.15) is 30.0 Å². The highest BCUT2D eigenvalue weighted by Gasteiger charge is 2.23. The largest absolute Gasteiger partial charge is 0.299 e. The van der Waals surface area contributed by atoms with Crippen molar-refractivity contribution in [2.75, 3.05) is 13.1 Å². The Labute approximate surface area is 145 Å². The lowest BCUT2D eigenvalue weighted by Crippen LogP contribution is -2.33. The second-order valence-corrected chi connectivity index (χ2v) is 6.57.